The molecule has 6 heteroatoms. The lowest BCUT2D eigenvalue weighted by Crippen LogP contribution is -1.97. The zero-order valence-corrected chi connectivity index (χ0v) is 15.1. The van der Waals surface area contributed by atoms with E-state index in [2.05, 4.69) is 29.0 Å². The monoisotopic (exact) mass is 379 g/mol. The molecule has 0 amide bonds. The Hall–Kier alpha value is -3.12. The molecule has 0 unspecified atom stereocenters. The van der Waals surface area contributed by atoms with E-state index < -0.39 is 5.97 Å². The van der Waals surface area contributed by atoms with E-state index in [0.717, 1.165) is 34.8 Å². The number of fused-ring (bicyclic) bond motifs is 1. The minimum Gasteiger partial charge on any atom is -0.507 e. The SMILES string of the molecule is O=C(O)c1ccc(NSc2cccc(-c3ccc4c(c3)CCO4)c2)cc1O. The van der Waals surface area contributed by atoms with Crippen molar-refractivity contribution in [3.05, 3.63) is 71.8 Å². The first-order valence-corrected chi connectivity index (χ1v) is 9.27. The van der Waals surface area contributed by atoms with Gasteiger partial charge in [-0.2, -0.15) is 0 Å². The van der Waals surface area contributed by atoms with Gasteiger partial charge in [0, 0.05) is 23.1 Å². The van der Waals surface area contributed by atoms with Crippen LogP contribution in [-0.2, 0) is 6.42 Å². The molecule has 4 rings (SSSR count). The molecule has 3 aromatic carbocycles. The molecule has 0 aromatic heterocycles. The van der Waals surface area contributed by atoms with Crippen LogP contribution in [-0.4, -0.2) is 22.8 Å². The van der Waals surface area contributed by atoms with Crippen LogP contribution in [0.3, 0.4) is 0 Å². The summed E-state index contributed by atoms with van der Waals surface area (Å²) in [6.07, 6.45) is 0.939. The lowest BCUT2D eigenvalue weighted by atomic mass is 10.0. The van der Waals surface area contributed by atoms with E-state index in [0.29, 0.717) is 5.69 Å². The van der Waals surface area contributed by atoms with Gasteiger partial charge < -0.3 is 19.7 Å². The number of rotatable bonds is 5. The minimum atomic E-state index is -1.15. The van der Waals surface area contributed by atoms with Crippen LogP contribution >= 0.6 is 11.9 Å². The Kier molecular flexibility index (Phi) is 4.64. The zero-order valence-electron chi connectivity index (χ0n) is 14.3. The maximum absolute atomic E-state index is 11.0. The summed E-state index contributed by atoms with van der Waals surface area (Å²) < 4.78 is 8.69. The molecule has 1 heterocycles. The number of ether oxygens (including phenoxy) is 1. The summed E-state index contributed by atoms with van der Waals surface area (Å²) in [6.45, 7) is 0.742. The first-order valence-electron chi connectivity index (χ1n) is 8.45. The first kappa shape index (κ1) is 17.3. The number of carbonyl (C=O) groups is 1. The minimum absolute atomic E-state index is 0.117. The Bertz CT molecular complexity index is 1020. The molecule has 0 bridgehead atoms. The number of aromatic hydroxyl groups is 1. The van der Waals surface area contributed by atoms with Crippen molar-refractivity contribution in [1.82, 2.24) is 0 Å². The number of benzene rings is 3. The molecule has 136 valence electrons. The molecular formula is C21H17NO4S. The van der Waals surface area contributed by atoms with Gasteiger partial charge >= 0.3 is 5.97 Å². The Balaban J connectivity index is 1.50. The molecule has 27 heavy (non-hydrogen) atoms. The maximum atomic E-state index is 11.0. The summed E-state index contributed by atoms with van der Waals surface area (Å²) in [6, 6.07) is 18.8. The molecule has 1 aliphatic rings. The molecule has 0 fully saturated rings. The van der Waals surface area contributed by atoms with Crippen molar-refractivity contribution in [3.63, 3.8) is 0 Å². The topological polar surface area (TPSA) is 78.8 Å². The number of nitrogens with one attached hydrogen (secondary N) is 1. The molecule has 0 atom stereocenters. The second kappa shape index (κ2) is 7.25. The predicted octanol–water partition coefficient (Wildman–Crippen LogP) is 4.81. The van der Waals surface area contributed by atoms with Crippen LogP contribution in [0.4, 0.5) is 5.69 Å². The fourth-order valence-corrected chi connectivity index (χ4v) is 3.69. The smallest absolute Gasteiger partial charge is 0.339 e. The highest BCUT2D eigenvalue weighted by Gasteiger charge is 2.13. The largest absolute Gasteiger partial charge is 0.507 e. The summed E-state index contributed by atoms with van der Waals surface area (Å²) in [4.78, 5) is 12.0. The van der Waals surface area contributed by atoms with Gasteiger partial charge in [0.1, 0.15) is 17.1 Å². The Morgan fingerprint density at radius 3 is 2.70 bits per heavy atom. The number of anilines is 1. The van der Waals surface area contributed by atoms with Gasteiger partial charge in [-0.25, -0.2) is 4.79 Å². The lowest BCUT2D eigenvalue weighted by Gasteiger charge is -2.09. The zero-order chi connectivity index (χ0) is 18.8. The van der Waals surface area contributed by atoms with Gasteiger partial charge in [0.15, 0.2) is 0 Å². The van der Waals surface area contributed by atoms with Crippen molar-refractivity contribution in [2.24, 2.45) is 0 Å². The number of hydrogen-bond acceptors (Lipinski definition) is 5. The summed E-state index contributed by atoms with van der Waals surface area (Å²) in [5.74, 6) is -0.447. The third kappa shape index (κ3) is 3.71. The molecule has 3 aromatic rings. The highest BCUT2D eigenvalue weighted by Crippen LogP contribution is 2.32. The third-order valence-electron chi connectivity index (χ3n) is 4.37. The van der Waals surface area contributed by atoms with Gasteiger partial charge in [-0.05, 0) is 65.0 Å². The Morgan fingerprint density at radius 2 is 1.89 bits per heavy atom. The predicted molar refractivity (Wildman–Crippen MR) is 106 cm³/mol. The molecule has 3 N–H and O–H groups in total. The molecule has 0 spiro atoms. The molecule has 5 nitrogen and oxygen atoms in total. The van der Waals surface area contributed by atoms with E-state index >= 15 is 0 Å². The van der Waals surface area contributed by atoms with E-state index in [4.69, 9.17) is 9.84 Å². The number of aromatic carboxylic acids is 1. The van der Waals surface area contributed by atoms with Crippen LogP contribution in [0.2, 0.25) is 0 Å². The second-order valence-electron chi connectivity index (χ2n) is 6.19. The summed E-state index contributed by atoms with van der Waals surface area (Å²) in [7, 11) is 0. The second-order valence-corrected chi connectivity index (χ2v) is 7.07. The lowest BCUT2D eigenvalue weighted by molar-refractivity contribution is 0.0694. The van der Waals surface area contributed by atoms with Crippen molar-refractivity contribution in [3.8, 4) is 22.6 Å². The molecule has 1 aliphatic heterocycles. The average Bonchev–Trinajstić information content (AvgIpc) is 3.14. The molecular weight excluding hydrogens is 362 g/mol. The van der Waals surface area contributed by atoms with Crippen LogP contribution in [0, 0.1) is 0 Å². The van der Waals surface area contributed by atoms with Crippen LogP contribution in [0.1, 0.15) is 15.9 Å². The van der Waals surface area contributed by atoms with Gasteiger partial charge in [-0.3, -0.25) is 0 Å². The van der Waals surface area contributed by atoms with Gasteiger partial charge in [-0.15, -0.1) is 0 Å². The fourth-order valence-electron chi connectivity index (χ4n) is 3.00. The molecule has 0 saturated carbocycles. The Labute approximate surface area is 160 Å². The summed E-state index contributed by atoms with van der Waals surface area (Å²) >= 11 is 1.40. The van der Waals surface area contributed by atoms with Gasteiger partial charge in [-0.1, -0.05) is 18.2 Å². The van der Waals surface area contributed by atoms with Crippen molar-refractivity contribution in [2.45, 2.75) is 11.3 Å². The molecule has 0 aliphatic carbocycles. The summed E-state index contributed by atoms with van der Waals surface area (Å²) in [5.41, 5.74) is 4.00. The van der Waals surface area contributed by atoms with Gasteiger partial charge in [0.2, 0.25) is 0 Å². The normalized spacial score (nSPS) is 12.3. The highest BCUT2D eigenvalue weighted by atomic mass is 32.2. The summed E-state index contributed by atoms with van der Waals surface area (Å²) in [5, 5.41) is 18.8. The van der Waals surface area contributed by atoms with Crippen LogP contribution in [0.5, 0.6) is 11.5 Å². The van der Waals surface area contributed by atoms with E-state index in [-0.39, 0.29) is 11.3 Å². The highest BCUT2D eigenvalue weighted by molar-refractivity contribution is 8.00. The quantitative estimate of drug-likeness (QED) is 0.552. The standard InChI is InChI=1S/C21H17NO4S/c23-19-12-16(5-6-18(19)21(24)25)22-27-17-3-1-2-13(11-17)14-4-7-20-15(10-14)8-9-26-20/h1-7,10-12,22-23H,8-9H2,(H,24,25). The van der Waals surface area contributed by atoms with Crippen LogP contribution in [0.25, 0.3) is 11.1 Å². The fraction of sp³-hybridized carbons (Fsp3) is 0.0952. The first-order chi connectivity index (χ1) is 13.1. The van der Waals surface area contributed by atoms with Gasteiger partial charge in [0.25, 0.3) is 0 Å². The van der Waals surface area contributed by atoms with E-state index in [1.165, 1.54) is 29.6 Å². The van der Waals surface area contributed by atoms with Crippen molar-refractivity contribution < 1.29 is 19.7 Å². The average molecular weight is 379 g/mol. The van der Waals surface area contributed by atoms with E-state index in [1.54, 1.807) is 6.07 Å². The Morgan fingerprint density at radius 1 is 1.04 bits per heavy atom. The molecule has 0 radical (unpaired) electrons. The van der Waals surface area contributed by atoms with Crippen molar-refractivity contribution >= 4 is 23.6 Å². The van der Waals surface area contributed by atoms with Gasteiger partial charge in [0.05, 0.1) is 6.61 Å². The number of phenols is 1. The maximum Gasteiger partial charge on any atom is 0.339 e. The van der Waals surface area contributed by atoms with E-state index in [1.807, 2.05) is 18.2 Å². The van der Waals surface area contributed by atoms with Crippen LogP contribution in [0.15, 0.2) is 65.6 Å². The third-order valence-corrected chi connectivity index (χ3v) is 5.20. The number of hydrogen-bond donors (Lipinski definition) is 3. The van der Waals surface area contributed by atoms with Crippen LogP contribution < -0.4 is 9.46 Å². The number of carboxylic acid groups (broad SMARTS) is 1. The number of carboxylic acids is 1. The van der Waals surface area contributed by atoms with Crippen molar-refractivity contribution in [1.29, 1.82) is 0 Å². The van der Waals surface area contributed by atoms with E-state index in [9.17, 15) is 9.90 Å². The van der Waals surface area contributed by atoms with Crippen molar-refractivity contribution in [2.75, 3.05) is 11.3 Å². The molecule has 0 saturated heterocycles.